The van der Waals surface area contributed by atoms with Gasteiger partial charge in [0.05, 0.1) is 23.3 Å². The number of rotatable bonds is 6. The lowest BCUT2D eigenvalue weighted by molar-refractivity contribution is -0.145. The van der Waals surface area contributed by atoms with E-state index in [1.807, 2.05) is 0 Å². The smallest absolute Gasteiger partial charge is 0.347 e. The second-order valence-electron chi connectivity index (χ2n) is 5.98. The average Bonchev–Trinajstić information content (AvgIpc) is 3.25. The summed E-state index contributed by atoms with van der Waals surface area (Å²) in [5, 5.41) is -0.0262. The van der Waals surface area contributed by atoms with Crippen molar-refractivity contribution in [3.63, 3.8) is 0 Å². The summed E-state index contributed by atoms with van der Waals surface area (Å²) in [5.74, 6) is -1.43. The highest BCUT2D eigenvalue weighted by molar-refractivity contribution is 7.89. The van der Waals surface area contributed by atoms with Crippen LogP contribution in [0.4, 0.5) is 0 Å². The maximum Gasteiger partial charge on any atom is 0.347 e. The van der Waals surface area contributed by atoms with Gasteiger partial charge in [-0.2, -0.15) is 0 Å². The maximum absolute atomic E-state index is 12.5. The SMILES string of the molecule is O=C(O[C@@H]1CCOC1=O)c1ccc(Cl)c(S(=O)(=O)NC[C@H]2CCCO2)c1. The molecule has 0 amide bonds. The quantitative estimate of drug-likeness (QED) is 0.712. The number of hydrogen-bond acceptors (Lipinski definition) is 7. The van der Waals surface area contributed by atoms with Crippen molar-refractivity contribution >= 4 is 33.6 Å². The highest BCUT2D eigenvalue weighted by Crippen LogP contribution is 2.24. The number of cyclic esters (lactones) is 1. The molecular formula is C16H18ClNO7S. The van der Waals surface area contributed by atoms with Gasteiger partial charge < -0.3 is 14.2 Å². The highest BCUT2D eigenvalue weighted by Gasteiger charge is 2.31. The Morgan fingerprint density at radius 2 is 2.12 bits per heavy atom. The summed E-state index contributed by atoms with van der Waals surface area (Å²) in [6.07, 6.45) is 0.783. The minimum atomic E-state index is -3.93. The van der Waals surface area contributed by atoms with Crippen LogP contribution < -0.4 is 4.72 Å². The standard InChI is InChI=1S/C16H18ClNO7S/c17-12-4-3-10(15(19)25-13-5-7-24-16(13)20)8-14(12)26(21,22)18-9-11-2-1-6-23-11/h3-4,8,11,13,18H,1-2,5-7,9H2/t11-,13-/m1/s1. The molecule has 1 N–H and O–H groups in total. The average molecular weight is 404 g/mol. The molecule has 2 fully saturated rings. The molecule has 0 spiro atoms. The van der Waals surface area contributed by atoms with Gasteiger partial charge in [0.15, 0.2) is 0 Å². The van der Waals surface area contributed by atoms with Gasteiger partial charge in [-0.05, 0) is 31.0 Å². The molecule has 0 aliphatic carbocycles. The summed E-state index contributed by atoms with van der Waals surface area (Å²) in [6.45, 7) is 0.920. The van der Waals surface area contributed by atoms with E-state index in [1.165, 1.54) is 12.1 Å². The monoisotopic (exact) mass is 403 g/mol. The lowest BCUT2D eigenvalue weighted by atomic mass is 10.2. The summed E-state index contributed by atoms with van der Waals surface area (Å²) < 4.78 is 42.6. The van der Waals surface area contributed by atoms with Crippen LogP contribution in [0.1, 0.15) is 29.6 Å². The largest absolute Gasteiger partial charge is 0.463 e. The van der Waals surface area contributed by atoms with Crippen molar-refractivity contribution in [1.29, 1.82) is 0 Å². The number of sulfonamides is 1. The summed E-state index contributed by atoms with van der Waals surface area (Å²) in [5.41, 5.74) is -0.0217. The first-order valence-corrected chi connectivity index (χ1v) is 10.0. The van der Waals surface area contributed by atoms with E-state index in [0.717, 1.165) is 18.9 Å². The highest BCUT2D eigenvalue weighted by atomic mass is 35.5. The number of benzene rings is 1. The van der Waals surface area contributed by atoms with Crippen LogP contribution in [0.25, 0.3) is 0 Å². The fourth-order valence-corrected chi connectivity index (χ4v) is 4.29. The Bertz CT molecular complexity index is 805. The Balaban J connectivity index is 1.73. The van der Waals surface area contributed by atoms with Gasteiger partial charge in [0.2, 0.25) is 16.1 Å². The number of ether oxygens (including phenoxy) is 3. The van der Waals surface area contributed by atoms with Gasteiger partial charge in [-0.1, -0.05) is 11.6 Å². The Labute approximate surface area is 155 Å². The molecule has 0 aromatic heterocycles. The lowest BCUT2D eigenvalue weighted by Crippen LogP contribution is -2.32. The minimum absolute atomic E-state index is 0.0217. The second kappa shape index (κ2) is 7.91. The van der Waals surface area contributed by atoms with Crippen LogP contribution in [0.3, 0.4) is 0 Å². The van der Waals surface area contributed by atoms with E-state index < -0.39 is 28.1 Å². The molecule has 1 aromatic rings. The zero-order valence-corrected chi connectivity index (χ0v) is 15.3. The molecule has 8 nitrogen and oxygen atoms in total. The van der Waals surface area contributed by atoms with Crippen molar-refractivity contribution in [1.82, 2.24) is 4.72 Å². The van der Waals surface area contributed by atoms with E-state index in [9.17, 15) is 18.0 Å². The van der Waals surface area contributed by atoms with Crippen molar-refractivity contribution in [2.24, 2.45) is 0 Å². The molecule has 0 bridgehead atoms. The number of hydrogen-bond donors (Lipinski definition) is 1. The molecule has 10 heteroatoms. The van der Waals surface area contributed by atoms with Gasteiger partial charge in [-0.15, -0.1) is 0 Å². The van der Waals surface area contributed by atoms with Crippen LogP contribution >= 0.6 is 11.6 Å². The third-order valence-corrected chi connectivity index (χ3v) is 6.02. The van der Waals surface area contributed by atoms with Gasteiger partial charge in [0.25, 0.3) is 0 Å². The summed E-state index contributed by atoms with van der Waals surface area (Å²) in [7, 11) is -3.93. The van der Waals surface area contributed by atoms with Crippen molar-refractivity contribution in [3.05, 3.63) is 28.8 Å². The van der Waals surface area contributed by atoms with E-state index in [0.29, 0.717) is 6.61 Å². The molecule has 26 heavy (non-hydrogen) atoms. The minimum Gasteiger partial charge on any atom is -0.463 e. The third kappa shape index (κ3) is 4.35. The second-order valence-corrected chi connectivity index (χ2v) is 8.12. The predicted octanol–water partition coefficient (Wildman–Crippen LogP) is 1.27. The molecule has 142 valence electrons. The molecule has 2 atom stereocenters. The molecule has 2 aliphatic rings. The number of esters is 2. The Morgan fingerprint density at radius 3 is 2.77 bits per heavy atom. The Morgan fingerprint density at radius 1 is 1.31 bits per heavy atom. The molecule has 0 saturated carbocycles. The van der Waals surface area contributed by atoms with E-state index in [1.54, 1.807) is 0 Å². The fourth-order valence-electron chi connectivity index (χ4n) is 2.70. The van der Waals surface area contributed by atoms with Gasteiger partial charge >= 0.3 is 11.9 Å². The zero-order valence-electron chi connectivity index (χ0n) is 13.8. The van der Waals surface area contributed by atoms with E-state index >= 15 is 0 Å². The number of halogens is 1. The maximum atomic E-state index is 12.5. The van der Waals surface area contributed by atoms with Gasteiger partial charge in [0.1, 0.15) is 4.90 Å². The van der Waals surface area contributed by atoms with Crippen LogP contribution in [0, 0.1) is 0 Å². The molecule has 3 rings (SSSR count). The first-order valence-electron chi connectivity index (χ1n) is 8.15. The zero-order chi connectivity index (χ0) is 18.7. The first kappa shape index (κ1) is 19.1. The van der Waals surface area contributed by atoms with Crippen molar-refractivity contribution in [2.45, 2.75) is 36.4 Å². The molecule has 0 unspecified atom stereocenters. The lowest BCUT2D eigenvalue weighted by Gasteiger charge is -2.13. The summed E-state index contributed by atoms with van der Waals surface area (Å²) in [4.78, 5) is 23.4. The van der Waals surface area contributed by atoms with Crippen LogP contribution in [-0.4, -0.2) is 52.3 Å². The fraction of sp³-hybridized carbons (Fsp3) is 0.500. The molecule has 2 aliphatic heterocycles. The number of carbonyl (C=O) groups excluding carboxylic acids is 2. The molecule has 2 heterocycles. The number of carbonyl (C=O) groups is 2. The van der Waals surface area contributed by atoms with Crippen molar-refractivity contribution in [2.75, 3.05) is 19.8 Å². The van der Waals surface area contributed by atoms with Crippen LogP contribution in [-0.2, 0) is 29.0 Å². The van der Waals surface area contributed by atoms with Gasteiger partial charge in [-0.3, -0.25) is 0 Å². The normalized spacial score (nSPS) is 23.0. The summed E-state index contributed by atoms with van der Waals surface area (Å²) in [6, 6.07) is 3.76. The van der Waals surface area contributed by atoms with Crippen molar-refractivity contribution < 1.29 is 32.2 Å². The van der Waals surface area contributed by atoms with Crippen LogP contribution in [0.5, 0.6) is 0 Å². The third-order valence-electron chi connectivity index (χ3n) is 4.12. The van der Waals surface area contributed by atoms with Gasteiger partial charge in [-0.25, -0.2) is 22.7 Å². The molecule has 1 aromatic carbocycles. The Kier molecular flexibility index (Phi) is 5.81. The molecule has 2 saturated heterocycles. The first-order chi connectivity index (χ1) is 12.4. The van der Waals surface area contributed by atoms with Crippen LogP contribution in [0.2, 0.25) is 5.02 Å². The predicted molar refractivity (Wildman–Crippen MR) is 90.4 cm³/mol. The Hall–Kier alpha value is -1.68. The van der Waals surface area contributed by atoms with E-state index in [-0.39, 0.29) is 41.2 Å². The number of nitrogens with one attached hydrogen (secondary N) is 1. The van der Waals surface area contributed by atoms with Crippen LogP contribution in [0.15, 0.2) is 23.1 Å². The topological polar surface area (TPSA) is 108 Å². The molecule has 0 radical (unpaired) electrons. The van der Waals surface area contributed by atoms with E-state index in [4.69, 9.17) is 25.8 Å². The summed E-state index contributed by atoms with van der Waals surface area (Å²) >= 11 is 6.00. The van der Waals surface area contributed by atoms with E-state index in [2.05, 4.69) is 4.72 Å². The molecular weight excluding hydrogens is 386 g/mol. The van der Waals surface area contributed by atoms with Gasteiger partial charge in [0, 0.05) is 19.6 Å². The van der Waals surface area contributed by atoms with Crippen molar-refractivity contribution in [3.8, 4) is 0 Å².